The molecule has 2 aliphatic rings. The van der Waals surface area contributed by atoms with Crippen LogP contribution in [0.15, 0.2) is 71.7 Å². The molecule has 0 saturated heterocycles. The molecule has 5 rings (SSSR count). The van der Waals surface area contributed by atoms with Gasteiger partial charge in [-0.25, -0.2) is 23.2 Å². The maximum Gasteiger partial charge on any atom is 0.336 e. The Morgan fingerprint density at radius 1 is 0.918 bits per heavy atom. The van der Waals surface area contributed by atoms with Crippen molar-refractivity contribution in [3.8, 4) is 0 Å². The molecule has 3 aromatic rings. The summed E-state index contributed by atoms with van der Waals surface area (Å²) in [5, 5.41) is 12.4. The largest absolute Gasteiger partial charge is 0.478 e. The zero-order valence-electron chi connectivity index (χ0n) is 27.9. The van der Waals surface area contributed by atoms with E-state index in [0.717, 1.165) is 50.2 Å². The number of aryl methyl sites for hydroxylation is 1. The summed E-state index contributed by atoms with van der Waals surface area (Å²) in [7, 11) is 0. The topological polar surface area (TPSA) is 118 Å². The van der Waals surface area contributed by atoms with Crippen molar-refractivity contribution in [2.24, 2.45) is 10.9 Å². The summed E-state index contributed by atoms with van der Waals surface area (Å²) >= 11 is 0. The highest BCUT2D eigenvalue weighted by atomic mass is 19.1. The lowest BCUT2D eigenvalue weighted by molar-refractivity contribution is -0.0526. The van der Waals surface area contributed by atoms with Gasteiger partial charge in [0, 0.05) is 24.8 Å². The molecule has 9 nitrogen and oxygen atoms in total. The van der Waals surface area contributed by atoms with Gasteiger partial charge in [-0.05, 0) is 92.8 Å². The van der Waals surface area contributed by atoms with E-state index in [2.05, 4.69) is 10.3 Å². The highest BCUT2D eigenvalue weighted by Crippen LogP contribution is 2.27. The van der Waals surface area contributed by atoms with Crippen LogP contribution in [0.1, 0.15) is 79.3 Å². The molecule has 0 aliphatic heterocycles. The molecule has 49 heavy (non-hydrogen) atoms. The lowest BCUT2D eigenvalue weighted by atomic mass is 9.89. The van der Waals surface area contributed by atoms with Crippen molar-refractivity contribution in [3.05, 3.63) is 95.1 Å². The minimum absolute atomic E-state index is 0.000486. The van der Waals surface area contributed by atoms with Crippen LogP contribution in [0.4, 0.5) is 25.0 Å². The van der Waals surface area contributed by atoms with Crippen LogP contribution >= 0.6 is 0 Å². The highest BCUT2D eigenvalue weighted by Gasteiger charge is 2.26. The fraction of sp³-hybridized carbons (Fsp3) is 0.447. The second-order valence-electron chi connectivity index (χ2n) is 12.6. The van der Waals surface area contributed by atoms with Crippen molar-refractivity contribution in [3.63, 3.8) is 0 Å². The summed E-state index contributed by atoms with van der Waals surface area (Å²) in [6.07, 6.45) is 10.8. The van der Waals surface area contributed by atoms with E-state index in [1.165, 1.54) is 55.7 Å². The number of aliphatic imine (C=N–C) groups is 1. The zero-order valence-corrected chi connectivity index (χ0v) is 27.9. The molecule has 0 spiro atoms. The second kappa shape index (κ2) is 19.5. The number of hydrogen-bond acceptors (Lipinski definition) is 6. The Morgan fingerprint density at radius 2 is 1.61 bits per heavy atom. The van der Waals surface area contributed by atoms with Crippen LogP contribution in [-0.2, 0) is 20.9 Å². The minimum atomic E-state index is -0.934. The molecule has 0 aromatic heterocycles. The number of aromatic carboxylic acids is 1. The molecule has 2 amide bonds. The van der Waals surface area contributed by atoms with Crippen LogP contribution in [0.25, 0.3) is 0 Å². The Bertz CT molecular complexity index is 1570. The Balaban J connectivity index is 0.000000463. The number of carbonyl (C=O) groups excluding carboxylic acids is 2. The molecule has 2 fully saturated rings. The molecule has 0 heterocycles. The number of amides is 2. The number of nitrogens with one attached hydrogen (secondary N) is 1. The van der Waals surface area contributed by atoms with Crippen LogP contribution < -0.4 is 5.32 Å². The van der Waals surface area contributed by atoms with Gasteiger partial charge in [0.05, 0.1) is 36.7 Å². The summed E-state index contributed by atoms with van der Waals surface area (Å²) in [5.74, 6) is -1.25. The number of ether oxygens (including phenoxy) is 2. The summed E-state index contributed by atoms with van der Waals surface area (Å²) in [6, 6.07) is 16.6. The first-order valence-electron chi connectivity index (χ1n) is 16.9. The maximum absolute atomic E-state index is 13.6. The van der Waals surface area contributed by atoms with Crippen molar-refractivity contribution in [1.82, 2.24) is 4.90 Å². The zero-order chi connectivity index (χ0) is 35.0. The van der Waals surface area contributed by atoms with Gasteiger partial charge in [0.2, 0.25) is 6.08 Å². The van der Waals surface area contributed by atoms with Crippen LogP contribution in [0.3, 0.4) is 0 Å². The molecule has 0 radical (unpaired) electrons. The number of hydrogen-bond donors (Lipinski definition) is 2. The minimum Gasteiger partial charge on any atom is -0.478 e. The Kier molecular flexibility index (Phi) is 14.9. The van der Waals surface area contributed by atoms with E-state index >= 15 is 0 Å². The fourth-order valence-electron chi connectivity index (χ4n) is 6.42. The number of urea groups is 1. The van der Waals surface area contributed by atoms with Crippen molar-refractivity contribution < 1.29 is 37.7 Å². The van der Waals surface area contributed by atoms with Crippen LogP contribution in [0.2, 0.25) is 0 Å². The Morgan fingerprint density at radius 3 is 2.31 bits per heavy atom. The monoisotopic (exact) mass is 677 g/mol. The smallest absolute Gasteiger partial charge is 0.336 e. The summed E-state index contributed by atoms with van der Waals surface area (Å²) in [6.45, 7) is 3.61. The summed E-state index contributed by atoms with van der Waals surface area (Å²) in [5.41, 5.74) is 2.47. The SMILES string of the molecule is Cc1cccc(CO[C@H]2CCC[C@@H](OCCN(CC3CCCCC3)C(=O)Nc3cccc(F)c3)C2)c1C(=O)O.O=C=Nc1cccc(F)c1. The fourth-order valence-corrected chi connectivity index (χ4v) is 6.42. The predicted octanol–water partition coefficient (Wildman–Crippen LogP) is 8.58. The second-order valence-corrected chi connectivity index (χ2v) is 12.6. The highest BCUT2D eigenvalue weighted by molar-refractivity contribution is 5.91. The number of carboxylic acids is 1. The van der Waals surface area contributed by atoms with E-state index in [1.54, 1.807) is 25.1 Å². The van der Waals surface area contributed by atoms with Crippen molar-refractivity contribution >= 4 is 29.5 Å². The van der Waals surface area contributed by atoms with Gasteiger partial charge in [-0.3, -0.25) is 0 Å². The average molecular weight is 678 g/mol. The lowest BCUT2D eigenvalue weighted by Gasteiger charge is -2.32. The number of benzene rings is 3. The molecule has 3 aromatic carbocycles. The van der Waals surface area contributed by atoms with E-state index in [4.69, 9.17) is 9.47 Å². The first-order valence-corrected chi connectivity index (χ1v) is 16.9. The van der Waals surface area contributed by atoms with Crippen molar-refractivity contribution in [2.75, 3.05) is 25.0 Å². The standard InChI is InChI=1S/C31H41FN2O5.C7H4FNO/c1-22-8-5-11-24(29(22)30(35)36)21-39-28-15-7-14-27(19-28)38-17-16-34(20-23-9-3-2-4-10-23)31(37)33-26-13-6-12-25(32)18-26;8-6-2-1-3-7(4-6)9-5-10/h5-6,8,11-13,18,23,27-28H,2-4,7,9-10,14-17,19-21H2,1H3,(H,33,37)(H,35,36);1-4H/t27-,28+;/m1./s1. The van der Waals surface area contributed by atoms with Crippen molar-refractivity contribution in [1.29, 1.82) is 0 Å². The number of rotatable bonds is 12. The number of nitrogens with zero attached hydrogens (tertiary/aromatic N) is 2. The van der Waals surface area contributed by atoms with Crippen LogP contribution in [0.5, 0.6) is 0 Å². The molecular formula is C38H45F2N3O6. The van der Waals surface area contributed by atoms with E-state index in [1.807, 2.05) is 17.0 Å². The Hall–Kier alpha value is -4.44. The summed E-state index contributed by atoms with van der Waals surface area (Å²) in [4.78, 5) is 39.5. The van der Waals surface area contributed by atoms with E-state index < -0.39 is 11.8 Å². The normalized spacial score (nSPS) is 17.6. The average Bonchev–Trinajstić information content (AvgIpc) is 3.08. The first kappa shape index (κ1) is 37.4. The molecule has 262 valence electrons. The quantitative estimate of drug-likeness (QED) is 0.147. The van der Waals surface area contributed by atoms with Crippen LogP contribution in [-0.4, -0.2) is 60.0 Å². The first-order chi connectivity index (χ1) is 23.7. The Labute approximate surface area is 286 Å². The number of carbonyl (C=O) groups is 2. The van der Waals surface area contributed by atoms with Gasteiger partial charge in [-0.15, -0.1) is 0 Å². The number of halogens is 2. The molecule has 2 N–H and O–H groups in total. The number of anilines is 1. The van der Waals surface area contributed by atoms with Gasteiger partial charge < -0.3 is 24.8 Å². The number of isocyanates is 1. The van der Waals surface area contributed by atoms with Crippen LogP contribution in [0, 0.1) is 24.5 Å². The van der Waals surface area contributed by atoms with Gasteiger partial charge in [-0.1, -0.05) is 49.6 Å². The molecular weight excluding hydrogens is 632 g/mol. The lowest BCUT2D eigenvalue weighted by Crippen LogP contribution is -2.41. The van der Waals surface area contributed by atoms with E-state index in [0.29, 0.717) is 42.4 Å². The maximum atomic E-state index is 13.6. The molecule has 11 heteroatoms. The molecule has 2 aliphatic carbocycles. The third-order valence-corrected chi connectivity index (χ3v) is 8.89. The van der Waals surface area contributed by atoms with Gasteiger partial charge in [0.1, 0.15) is 11.6 Å². The summed E-state index contributed by atoms with van der Waals surface area (Å²) < 4.78 is 38.3. The third-order valence-electron chi connectivity index (χ3n) is 8.89. The van der Waals surface area contributed by atoms with Gasteiger partial charge in [0.15, 0.2) is 0 Å². The predicted molar refractivity (Wildman–Crippen MR) is 183 cm³/mol. The van der Waals surface area contributed by atoms with Gasteiger partial charge in [0.25, 0.3) is 0 Å². The third kappa shape index (κ3) is 12.5. The van der Waals surface area contributed by atoms with E-state index in [-0.39, 0.29) is 36.4 Å². The molecule has 2 saturated carbocycles. The van der Waals surface area contributed by atoms with Gasteiger partial charge in [-0.2, -0.15) is 4.99 Å². The molecule has 0 bridgehead atoms. The van der Waals surface area contributed by atoms with Crippen molar-refractivity contribution in [2.45, 2.75) is 83.5 Å². The van der Waals surface area contributed by atoms with Gasteiger partial charge >= 0.3 is 12.0 Å². The molecule has 0 unspecified atom stereocenters. The molecule has 2 atom stereocenters. The number of carboxylic acid groups (broad SMARTS) is 1. The van der Waals surface area contributed by atoms with E-state index in [9.17, 15) is 28.3 Å².